The second-order valence-corrected chi connectivity index (χ2v) is 8.85. The first kappa shape index (κ1) is 19.3. The molecule has 1 aromatic carbocycles. The number of nitrogens with zero attached hydrogens (tertiary/aromatic N) is 2. The van der Waals surface area contributed by atoms with Gasteiger partial charge in [-0.1, -0.05) is 12.2 Å². The van der Waals surface area contributed by atoms with Crippen molar-refractivity contribution in [2.75, 3.05) is 0 Å². The van der Waals surface area contributed by atoms with Crippen molar-refractivity contribution >= 4 is 55.9 Å². The van der Waals surface area contributed by atoms with Gasteiger partial charge in [-0.2, -0.15) is 10.1 Å². The molecule has 0 aromatic heterocycles. The van der Waals surface area contributed by atoms with Crippen molar-refractivity contribution in [1.29, 1.82) is 0 Å². The maximum absolute atomic E-state index is 12.6. The standard InChI is InChI=1S/C19H16Br2N2O5/c1-8(19(26)27)28-16-12(20)4-9(5-13(16)21)7-22-23-17(24)14-10-2-3-11(6-10)15(14)18(23)25/h2-5,7-8,10-11,14-15H,6H2,1H3,(H,26,27)/t8-,10+,11+,14-,15+/m1/s1. The molecule has 1 N–H and O–H groups in total. The molecule has 2 bridgehead atoms. The molecule has 0 unspecified atom stereocenters. The van der Waals surface area contributed by atoms with E-state index in [1.54, 1.807) is 12.1 Å². The fourth-order valence-electron chi connectivity index (χ4n) is 4.12. The van der Waals surface area contributed by atoms with Crippen molar-refractivity contribution < 1.29 is 24.2 Å². The van der Waals surface area contributed by atoms with Crippen LogP contribution in [0.3, 0.4) is 0 Å². The third-order valence-corrected chi connectivity index (χ3v) is 6.61. The summed E-state index contributed by atoms with van der Waals surface area (Å²) in [5.74, 6) is -1.50. The molecule has 146 valence electrons. The molecule has 1 aromatic rings. The number of carbonyl (C=O) groups excluding carboxylic acids is 2. The highest BCUT2D eigenvalue weighted by atomic mass is 79.9. The number of rotatable bonds is 5. The monoisotopic (exact) mass is 510 g/mol. The molecule has 1 heterocycles. The van der Waals surface area contributed by atoms with Gasteiger partial charge >= 0.3 is 5.97 Å². The van der Waals surface area contributed by atoms with Gasteiger partial charge < -0.3 is 9.84 Å². The summed E-state index contributed by atoms with van der Waals surface area (Å²) in [6.07, 6.45) is 5.37. The summed E-state index contributed by atoms with van der Waals surface area (Å²) < 4.78 is 6.47. The summed E-state index contributed by atoms with van der Waals surface area (Å²) in [7, 11) is 0. The summed E-state index contributed by atoms with van der Waals surface area (Å²) in [4.78, 5) is 36.3. The van der Waals surface area contributed by atoms with Gasteiger partial charge in [0.1, 0.15) is 5.75 Å². The summed E-state index contributed by atoms with van der Waals surface area (Å²) in [5, 5.41) is 14.1. The first-order valence-electron chi connectivity index (χ1n) is 8.76. The Morgan fingerprint density at radius 1 is 1.21 bits per heavy atom. The number of allylic oxidation sites excluding steroid dienone is 2. The largest absolute Gasteiger partial charge is 0.479 e. The van der Waals surface area contributed by atoms with Crippen LogP contribution in [0.15, 0.2) is 38.3 Å². The predicted molar refractivity (Wildman–Crippen MR) is 107 cm³/mol. The Bertz CT molecular complexity index is 891. The zero-order valence-electron chi connectivity index (χ0n) is 14.7. The Balaban J connectivity index is 1.53. The highest BCUT2D eigenvalue weighted by molar-refractivity contribution is 9.11. The van der Waals surface area contributed by atoms with Crippen LogP contribution in [0.4, 0.5) is 0 Å². The molecule has 2 fully saturated rings. The van der Waals surface area contributed by atoms with Crippen molar-refractivity contribution in [3.05, 3.63) is 38.8 Å². The van der Waals surface area contributed by atoms with Gasteiger partial charge in [-0.05, 0) is 74.7 Å². The molecule has 0 radical (unpaired) electrons. The molecule has 1 saturated heterocycles. The maximum Gasteiger partial charge on any atom is 0.344 e. The maximum atomic E-state index is 12.6. The third-order valence-electron chi connectivity index (χ3n) is 5.43. The van der Waals surface area contributed by atoms with Crippen molar-refractivity contribution in [2.45, 2.75) is 19.4 Å². The molecule has 2 aliphatic carbocycles. The van der Waals surface area contributed by atoms with E-state index in [2.05, 4.69) is 37.0 Å². The van der Waals surface area contributed by atoms with Crippen LogP contribution in [-0.2, 0) is 14.4 Å². The SMILES string of the molecule is C[C@@H](Oc1c(Br)cc(C=NN2C(=O)[C@@H]3[C@H](C2=O)[C@H]2C=C[C@H]3C2)cc1Br)C(=O)O. The zero-order valence-corrected chi connectivity index (χ0v) is 17.9. The number of benzene rings is 1. The molecule has 9 heteroatoms. The van der Waals surface area contributed by atoms with E-state index in [9.17, 15) is 14.4 Å². The molecular formula is C19H16Br2N2O5. The number of amides is 2. The minimum Gasteiger partial charge on any atom is -0.479 e. The van der Waals surface area contributed by atoms with Crippen LogP contribution in [0.2, 0.25) is 0 Å². The van der Waals surface area contributed by atoms with Gasteiger partial charge in [0.05, 0.1) is 27.0 Å². The number of carboxylic acids is 1. The van der Waals surface area contributed by atoms with Crippen molar-refractivity contribution in [2.24, 2.45) is 28.8 Å². The van der Waals surface area contributed by atoms with E-state index in [-0.39, 0.29) is 35.5 Å². The topological polar surface area (TPSA) is 96.3 Å². The number of ether oxygens (including phenoxy) is 1. The lowest BCUT2D eigenvalue weighted by atomic mass is 9.85. The molecule has 4 rings (SSSR count). The third kappa shape index (κ3) is 3.10. The normalized spacial score (nSPS) is 29.0. The second-order valence-electron chi connectivity index (χ2n) is 7.14. The Labute approximate surface area is 177 Å². The van der Waals surface area contributed by atoms with Gasteiger partial charge in [0.15, 0.2) is 6.10 Å². The Hall–Kier alpha value is -2.00. The fraction of sp³-hybridized carbons (Fsp3) is 0.368. The Morgan fingerprint density at radius 2 is 1.75 bits per heavy atom. The van der Waals surface area contributed by atoms with Gasteiger partial charge in [0.2, 0.25) is 0 Å². The highest BCUT2D eigenvalue weighted by Gasteiger charge is 2.59. The Morgan fingerprint density at radius 3 is 2.25 bits per heavy atom. The highest BCUT2D eigenvalue weighted by Crippen LogP contribution is 2.52. The number of halogens is 2. The van der Waals surface area contributed by atoms with Crippen LogP contribution in [-0.4, -0.2) is 40.2 Å². The number of carbonyl (C=O) groups is 3. The lowest BCUT2D eigenvalue weighted by Crippen LogP contribution is -2.28. The molecule has 1 saturated carbocycles. The molecule has 0 spiro atoms. The van der Waals surface area contributed by atoms with E-state index >= 15 is 0 Å². The van der Waals surface area contributed by atoms with E-state index in [1.165, 1.54) is 13.1 Å². The second kappa shape index (κ2) is 7.11. The molecule has 3 aliphatic rings. The smallest absolute Gasteiger partial charge is 0.344 e. The number of fused-ring (bicyclic) bond motifs is 5. The zero-order chi connectivity index (χ0) is 20.2. The summed E-state index contributed by atoms with van der Waals surface area (Å²) in [5.41, 5.74) is 0.618. The lowest BCUT2D eigenvalue weighted by molar-refractivity contribution is -0.144. The number of aliphatic carboxylic acids is 1. The number of carboxylic acid groups (broad SMARTS) is 1. The van der Waals surface area contributed by atoms with Crippen LogP contribution in [0.25, 0.3) is 0 Å². The molecule has 1 aliphatic heterocycles. The van der Waals surface area contributed by atoms with Crippen LogP contribution in [0, 0.1) is 23.7 Å². The van der Waals surface area contributed by atoms with E-state index in [1.807, 2.05) is 12.2 Å². The van der Waals surface area contributed by atoms with Gasteiger partial charge in [-0.3, -0.25) is 9.59 Å². The summed E-state index contributed by atoms with van der Waals surface area (Å²) in [6, 6.07) is 3.35. The summed E-state index contributed by atoms with van der Waals surface area (Å²) in [6.45, 7) is 1.43. The molecular weight excluding hydrogens is 496 g/mol. The van der Waals surface area contributed by atoms with Crippen LogP contribution < -0.4 is 4.74 Å². The average Bonchev–Trinajstić information content (AvgIpc) is 3.31. The number of hydrogen-bond acceptors (Lipinski definition) is 5. The van der Waals surface area contributed by atoms with Crippen molar-refractivity contribution in [3.8, 4) is 5.75 Å². The average molecular weight is 512 g/mol. The molecule has 2 amide bonds. The van der Waals surface area contributed by atoms with Crippen LogP contribution >= 0.6 is 31.9 Å². The molecule has 5 atom stereocenters. The van der Waals surface area contributed by atoms with E-state index in [4.69, 9.17) is 9.84 Å². The number of hydrogen-bond donors (Lipinski definition) is 1. The van der Waals surface area contributed by atoms with Gasteiger partial charge in [-0.15, -0.1) is 0 Å². The quantitative estimate of drug-likeness (QED) is 0.372. The minimum absolute atomic E-state index is 0.141. The fourth-order valence-corrected chi connectivity index (χ4v) is 5.53. The van der Waals surface area contributed by atoms with Crippen LogP contribution in [0.1, 0.15) is 18.9 Å². The van der Waals surface area contributed by atoms with Crippen LogP contribution in [0.5, 0.6) is 5.75 Å². The van der Waals surface area contributed by atoms with E-state index < -0.39 is 12.1 Å². The lowest BCUT2D eigenvalue weighted by Gasteiger charge is -2.14. The predicted octanol–water partition coefficient (Wildman–Crippen LogP) is 3.20. The summed E-state index contributed by atoms with van der Waals surface area (Å²) >= 11 is 6.70. The molecule has 28 heavy (non-hydrogen) atoms. The van der Waals surface area contributed by atoms with Gasteiger partial charge in [0, 0.05) is 0 Å². The van der Waals surface area contributed by atoms with Gasteiger partial charge in [0.25, 0.3) is 11.8 Å². The van der Waals surface area contributed by atoms with Gasteiger partial charge in [-0.25, -0.2) is 4.79 Å². The first-order chi connectivity index (χ1) is 13.3. The Kier molecular flexibility index (Phi) is 4.91. The van der Waals surface area contributed by atoms with Crippen molar-refractivity contribution in [1.82, 2.24) is 5.01 Å². The van der Waals surface area contributed by atoms with E-state index in [0.717, 1.165) is 11.4 Å². The molecule has 7 nitrogen and oxygen atoms in total. The van der Waals surface area contributed by atoms with E-state index in [0.29, 0.717) is 20.3 Å². The van der Waals surface area contributed by atoms with Crippen molar-refractivity contribution in [3.63, 3.8) is 0 Å². The number of imide groups is 1. The number of hydrazone groups is 1. The first-order valence-corrected chi connectivity index (χ1v) is 10.3. The minimum atomic E-state index is -1.08.